The third kappa shape index (κ3) is 2.26. The first-order chi connectivity index (χ1) is 6.11. The van der Waals surface area contributed by atoms with Crippen LogP contribution in [0.4, 0.5) is 0 Å². The Bertz CT molecular complexity index is 149. The summed E-state index contributed by atoms with van der Waals surface area (Å²) in [7, 11) is 1.38. The van der Waals surface area contributed by atoms with Gasteiger partial charge in [0, 0.05) is 7.11 Å². The van der Waals surface area contributed by atoms with Gasteiger partial charge in [0.25, 0.3) is 0 Å². The lowest BCUT2D eigenvalue weighted by molar-refractivity contribution is -0.251. The maximum atomic E-state index is 9.45. The smallest absolute Gasteiger partial charge is 0.186 e. The Morgan fingerprint density at radius 1 is 1.38 bits per heavy atom. The molecular weight excluding hydrogens is 219 g/mol. The van der Waals surface area contributed by atoms with Gasteiger partial charge in [0.1, 0.15) is 12.2 Å². The van der Waals surface area contributed by atoms with Gasteiger partial charge >= 0.3 is 0 Å². The lowest BCUT2D eigenvalue weighted by atomic mass is 10.0. The molecule has 0 aromatic carbocycles. The minimum atomic E-state index is -1.13. The Balaban J connectivity index is 2.66. The molecule has 1 saturated heterocycles. The van der Waals surface area contributed by atoms with E-state index in [2.05, 4.69) is 0 Å². The molecule has 0 radical (unpaired) electrons. The number of halogens is 2. The highest BCUT2D eigenvalue weighted by Crippen LogP contribution is 2.26. The summed E-state index contributed by atoms with van der Waals surface area (Å²) in [6, 6.07) is 0. The van der Waals surface area contributed by atoms with E-state index in [4.69, 9.17) is 32.7 Å². The number of methoxy groups -OCH3 is 1. The zero-order valence-corrected chi connectivity index (χ0v) is 8.57. The number of alkyl halides is 2. The summed E-state index contributed by atoms with van der Waals surface area (Å²) in [5.41, 5.74) is 0. The normalized spacial score (nSPS) is 46.4. The first kappa shape index (κ1) is 11.5. The van der Waals surface area contributed by atoms with E-state index < -0.39 is 30.0 Å². The summed E-state index contributed by atoms with van der Waals surface area (Å²) in [6.45, 7) is 0. The van der Waals surface area contributed by atoms with Gasteiger partial charge in [-0.2, -0.15) is 0 Å². The lowest BCUT2D eigenvalue weighted by Gasteiger charge is -2.38. The van der Waals surface area contributed by atoms with Crippen LogP contribution in [0.25, 0.3) is 0 Å². The molecule has 78 valence electrons. The van der Waals surface area contributed by atoms with E-state index in [-0.39, 0.29) is 5.88 Å². The monoisotopic (exact) mass is 230 g/mol. The molecule has 6 heteroatoms. The predicted molar refractivity (Wildman–Crippen MR) is 48.0 cm³/mol. The van der Waals surface area contributed by atoms with Crippen LogP contribution in [-0.2, 0) is 9.47 Å². The van der Waals surface area contributed by atoms with Crippen molar-refractivity contribution in [2.45, 2.75) is 30.0 Å². The maximum Gasteiger partial charge on any atom is 0.186 e. The number of ether oxygens (including phenoxy) is 2. The van der Waals surface area contributed by atoms with Gasteiger partial charge in [-0.25, -0.2) is 0 Å². The third-order valence-electron chi connectivity index (χ3n) is 2.00. The van der Waals surface area contributed by atoms with Crippen LogP contribution in [0.1, 0.15) is 0 Å². The van der Waals surface area contributed by atoms with Crippen molar-refractivity contribution in [2.75, 3.05) is 13.0 Å². The van der Waals surface area contributed by atoms with E-state index >= 15 is 0 Å². The number of aliphatic hydroxyl groups excluding tert-OH is 2. The van der Waals surface area contributed by atoms with Crippen LogP contribution in [-0.4, -0.2) is 53.2 Å². The van der Waals surface area contributed by atoms with Gasteiger partial charge in [-0.15, -0.1) is 23.2 Å². The van der Waals surface area contributed by atoms with E-state index in [9.17, 15) is 10.2 Å². The lowest BCUT2D eigenvalue weighted by Crippen LogP contribution is -2.56. The molecule has 0 bridgehead atoms. The fourth-order valence-corrected chi connectivity index (χ4v) is 1.87. The summed E-state index contributed by atoms with van der Waals surface area (Å²) < 4.78 is 9.99. The van der Waals surface area contributed by atoms with Gasteiger partial charge in [-0.3, -0.25) is 0 Å². The van der Waals surface area contributed by atoms with Gasteiger partial charge in [-0.1, -0.05) is 0 Å². The predicted octanol–water partition coefficient (Wildman–Crippen LogP) is -0.0743. The van der Waals surface area contributed by atoms with Gasteiger partial charge in [-0.05, 0) is 0 Å². The number of hydrogen-bond donors (Lipinski definition) is 2. The molecule has 0 unspecified atom stereocenters. The highest BCUT2D eigenvalue weighted by Gasteiger charge is 2.43. The van der Waals surface area contributed by atoms with Crippen LogP contribution in [0.15, 0.2) is 0 Å². The van der Waals surface area contributed by atoms with Crippen LogP contribution in [0.5, 0.6) is 0 Å². The van der Waals surface area contributed by atoms with Gasteiger partial charge < -0.3 is 19.7 Å². The molecule has 0 aromatic rings. The summed E-state index contributed by atoms with van der Waals surface area (Å²) in [6.07, 6.45) is -3.59. The molecule has 1 aliphatic heterocycles. The third-order valence-corrected chi connectivity index (χ3v) is 2.85. The molecule has 1 rings (SSSR count). The number of rotatable bonds is 2. The number of hydrogen-bond acceptors (Lipinski definition) is 4. The van der Waals surface area contributed by atoms with E-state index in [0.29, 0.717) is 0 Å². The second kappa shape index (κ2) is 4.77. The Morgan fingerprint density at radius 3 is 2.46 bits per heavy atom. The Labute approximate surface area is 86.3 Å². The van der Waals surface area contributed by atoms with Crippen molar-refractivity contribution in [3.63, 3.8) is 0 Å². The highest BCUT2D eigenvalue weighted by molar-refractivity contribution is 6.23. The quantitative estimate of drug-likeness (QED) is 0.653. The van der Waals surface area contributed by atoms with Crippen molar-refractivity contribution in [3.05, 3.63) is 0 Å². The summed E-state index contributed by atoms with van der Waals surface area (Å²) in [5, 5.41) is 18.1. The Morgan fingerprint density at radius 2 is 2.00 bits per heavy atom. The van der Waals surface area contributed by atoms with Crippen molar-refractivity contribution in [1.82, 2.24) is 0 Å². The second-order valence-electron chi connectivity index (χ2n) is 2.86. The zero-order chi connectivity index (χ0) is 10.0. The number of aliphatic hydroxyl groups is 2. The fourth-order valence-electron chi connectivity index (χ4n) is 1.21. The largest absolute Gasteiger partial charge is 0.389 e. The van der Waals surface area contributed by atoms with Gasteiger partial charge in [0.2, 0.25) is 0 Å². The van der Waals surface area contributed by atoms with E-state index in [0.717, 1.165) is 0 Å². The van der Waals surface area contributed by atoms with Crippen LogP contribution in [0.2, 0.25) is 0 Å². The highest BCUT2D eigenvalue weighted by atomic mass is 35.5. The summed E-state index contributed by atoms with van der Waals surface area (Å²) >= 11 is 11.3. The van der Waals surface area contributed by atoms with Crippen molar-refractivity contribution >= 4 is 23.2 Å². The molecule has 4 nitrogen and oxygen atoms in total. The molecule has 13 heavy (non-hydrogen) atoms. The van der Waals surface area contributed by atoms with Crippen LogP contribution >= 0.6 is 23.2 Å². The van der Waals surface area contributed by atoms with Crippen molar-refractivity contribution in [3.8, 4) is 0 Å². The van der Waals surface area contributed by atoms with Crippen molar-refractivity contribution < 1.29 is 19.7 Å². The molecule has 5 atom stereocenters. The molecule has 1 heterocycles. The molecule has 0 aliphatic carbocycles. The van der Waals surface area contributed by atoms with Gasteiger partial charge in [0.05, 0.1) is 17.4 Å². The maximum absolute atomic E-state index is 9.45. The molecule has 0 spiro atoms. The first-order valence-corrected chi connectivity index (χ1v) is 4.83. The van der Waals surface area contributed by atoms with Crippen LogP contribution < -0.4 is 0 Å². The standard InChI is InChI=1S/C7H12Cl2O4/c1-12-7-6(11)5(10)4(9)3(2-8)13-7/h3-7,10-11H,2H2,1H3/t3-,4-,5+,6-,7+/m1/s1. The molecular formula is C7H12Cl2O4. The molecule has 0 saturated carbocycles. The fraction of sp³-hybridized carbons (Fsp3) is 1.00. The zero-order valence-electron chi connectivity index (χ0n) is 7.06. The Hall–Kier alpha value is 0.420. The summed E-state index contributed by atoms with van der Waals surface area (Å²) in [4.78, 5) is 0. The van der Waals surface area contributed by atoms with E-state index in [1.54, 1.807) is 0 Å². The molecule has 2 N–H and O–H groups in total. The molecule has 0 amide bonds. The topological polar surface area (TPSA) is 58.9 Å². The van der Waals surface area contributed by atoms with E-state index in [1.807, 2.05) is 0 Å². The van der Waals surface area contributed by atoms with Crippen LogP contribution in [0, 0.1) is 0 Å². The van der Waals surface area contributed by atoms with Crippen LogP contribution in [0.3, 0.4) is 0 Å². The average molecular weight is 231 g/mol. The molecule has 1 fully saturated rings. The van der Waals surface area contributed by atoms with Crippen molar-refractivity contribution in [2.24, 2.45) is 0 Å². The SMILES string of the molecule is CO[C@H]1O[C@H](CCl)[C@@H](Cl)[C@H](O)[C@H]1O. The minimum Gasteiger partial charge on any atom is -0.389 e. The molecule has 1 aliphatic rings. The van der Waals surface area contributed by atoms with Gasteiger partial charge in [0.15, 0.2) is 6.29 Å². The first-order valence-electron chi connectivity index (χ1n) is 3.86. The molecule has 0 aromatic heterocycles. The second-order valence-corrected chi connectivity index (χ2v) is 3.67. The van der Waals surface area contributed by atoms with E-state index in [1.165, 1.54) is 7.11 Å². The average Bonchev–Trinajstić information content (AvgIpc) is 2.15. The Kier molecular flexibility index (Phi) is 4.22. The summed E-state index contributed by atoms with van der Waals surface area (Å²) in [5.74, 6) is 0.151. The van der Waals surface area contributed by atoms with Crippen molar-refractivity contribution in [1.29, 1.82) is 0 Å². The minimum absolute atomic E-state index is 0.151.